The largest absolute Gasteiger partial charge is 0.395 e. The lowest BCUT2D eigenvalue weighted by Gasteiger charge is -2.02. The number of nitrogens with one attached hydrogen (secondary N) is 1. The molecule has 1 rings (SSSR count). The first kappa shape index (κ1) is 8.97. The Morgan fingerprint density at radius 3 is 2.91 bits per heavy atom. The van der Waals surface area contributed by atoms with Crippen molar-refractivity contribution in [1.82, 2.24) is 5.32 Å². The van der Waals surface area contributed by atoms with Gasteiger partial charge in [0.1, 0.15) is 12.3 Å². The van der Waals surface area contributed by atoms with Crippen LogP contribution in [0.1, 0.15) is 20.3 Å². The van der Waals surface area contributed by atoms with E-state index in [0.717, 1.165) is 6.42 Å². The third-order valence-corrected chi connectivity index (χ3v) is 2.19. The maximum atomic E-state index is 8.51. The van der Waals surface area contributed by atoms with Crippen LogP contribution in [0.2, 0.25) is 0 Å². The Morgan fingerprint density at radius 1 is 1.64 bits per heavy atom. The van der Waals surface area contributed by atoms with Crippen LogP contribution in [0.15, 0.2) is 0 Å². The minimum Gasteiger partial charge on any atom is -0.395 e. The molecule has 3 unspecified atom stereocenters. The van der Waals surface area contributed by atoms with Crippen LogP contribution < -0.4 is 5.32 Å². The van der Waals surface area contributed by atoms with Crippen molar-refractivity contribution in [3.05, 3.63) is 0 Å². The Bertz CT molecular complexity index is 119. The molecular weight excluding hydrogens is 142 g/mol. The van der Waals surface area contributed by atoms with Crippen LogP contribution in [0.25, 0.3) is 0 Å². The number of hydrogen-bond acceptors (Lipinski definition) is 3. The lowest BCUT2D eigenvalue weighted by Crippen LogP contribution is -2.24. The minimum atomic E-state index is 0.188. The van der Waals surface area contributed by atoms with E-state index in [1.807, 2.05) is 0 Å². The summed E-state index contributed by atoms with van der Waals surface area (Å²) in [5.41, 5.74) is 0. The first-order chi connectivity index (χ1) is 5.29. The zero-order chi connectivity index (χ0) is 8.27. The molecule has 66 valence electrons. The highest BCUT2D eigenvalue weighted by Gasteiger charge is 2.41. The maximum absolute atomic E-state index is 8.51. The summed E-state index contributed by atoms with van der Waals surface area (Å²) in [5.74, 6) is 0.631. The predicted octanol–water partition coefficient (Wildman–Crippen LogP) is 0.339. The summed E-state index contributed by atoms with van der Waals surface area (Å²) in [6.45, 7) is 5.17. The van der Waals surface area contributed by atoms with Gasteiger partial charge in [-0.3, -0.25) is 5.32 Å². The molecule has 3 atom stereocenters. The summed E-state index contributed by atoms with van der Waals surface area (Å²) in [7, 11) is 0. The minimum absolute atomic E-state index is 0.188. The predicted molar refractivity (Wildman–Crippen MR) is 43.2 cm³/mol. The van der Waals surface area contributed by atoms with E-state index in [2.05, 4.69) is 19.2 Å². The maximum Gasteiger partial charge on any atom is 0.135 e. The molecule has 1 fully saturated rings. The first-order valence-corrected chi connectivity index (χ1v) is 4.29. The average molecular weight is 159 g/mol. The van der Waals surface area contributed by atoms with Crippen molar-refractivity contribution in [3.63, 3.8) is 0 Å². The number of aliphatic hydroxyl groups is 1. The van der Waals surface area contributed by atoms with Crippen LogP contribution in [-0.4, -0.2) is 30.6 Å². The number of ether oxygens (including phenoxy) is 1. The fourth-order valence-corrected chi connectivity index (χ4v) is 1.16. The van der Waals surface area contributed by atoms with Crippen molar-refractivity contribution >= 4 is 0 Å². The molecule has 0 bridgehead atoms. The molecule has 0 aromatic rings. The second kappa shape index (κ2) is 4.04. The normalized spacial score (nSPS) is 31.9. The van der Waals surface area contributed by atoms with Crippen molar-refractivity contribution in [3.8, 4) is 0 Å². The molecule has 1 aliphatic heterocycles. The molecule has 0 aromatic carbocycles. The molecule has 1 heterocycles. The lowest BCUT2D eigenvalue weighted by atomic mass is 10.1. The molecule has 1 saturated heterocycles. The first-order valence-electron chi connectivity index (χ1n) is 4.29. The van der Waals surface area contributed by atoms with Crippen LogP contribution in [0, 0.1) is 5.92 Å². The van der Waals surface area contributed by atoms with Gasteiger partial charge >= 0.3 is 0 Å². The molecule has 0 amide bonds. The Kier molecular flexibility index (Phi) is 3.30. The Hall–Kier alpha value is -0.120. The van der Waals surface area contributed by atoms with Gasteiger partial charge in [0.15, 0.2) is 0 Å². The van der Waals surface area contributed by atoms with Crippen LogP contribution in [0.5, 0.6) is 0 Å². The summed E-state index contributed by atoms with van der Waals surface area (Å²) in [6, 6.07) is 0. The highest BCUT2D eigenvalue weighted by atomic mass is 16.6. The second-order valence-corrected chi connectivity index (χ2v) is 3.08. The van der Waals surface area contributed by atoms with Gasteiger partial charge in [-0.2, -0.15) is 0 Å². The molecule has 0 saturated carbocycles. The number of aliphatic hydroxyl groups excluding tert-OH is 1. The van der Waals surface area contributed by atoms with Gasteiger partial charge in [-0.25, -0.2) is 0 Å². The monoisotopic (exact) mass is 159 g/mol. The zero-order valence-electron chi connectivity index (χ0n) is 7.21. The summed E-state index contributed by atoms with van der Waals surface area (Å²) in [4.78, 5) is 0. The van der Waals surface area contributed by atoms with Crippen molar-refractivity contribution in [2.24, 2.45) is 5.92 Å². The highest BCUT2D eigenvalue weighted by molar-refractivity contribution is 4.86. The molecule has 0 aliphatic carbocycles. The molecule has 0 spiro atoms. The molecular formula is C8H17NO2. The van der Waals surface area contributed by atoms with Crippen molar-refractivity contribution in [2.45, 2.75) is 32.6 Å². The van der Waals surface area contributed by atoms with E-state index >= 15 is 0 Å². The summed E-state index contributed by atoms with van der Waals surface area (Å²) in [6.07, 6.45) is 1.74. The van der Waals surface area contributed by atoms with E-state index in [1.165, 1.54) is 0 Å². The average Bonchev–Trinajstić information content (AvgIpc) is 2.78. The van der Waals surface area contributed by atoms with Gasteiger partial charge in [-0.15, -0.1) is 0 Å². The van der Waals surface area contributed by atoms with Gasteiger partial charge in [0.25, 0.3) is 0 Å². The van der Waals surface area contributed by atoms with Gasteiger partial charge < -0.3 is 9.84 Å². The third kappa shape index (κ3) is 2.43. The molecule has 0 aromatic heterocycles. The van der Waals surface area contributed by atoms with Gasteiger partial charge in [0.05, 0.1) is 6.61 Å². The van der Waals surface area contributed by atoms with E-state index in [1.54, 1.807) is 0 Å². The van der Waals surface area contributed by atoms with E-state index in [9.17, 15) is 0 Å². The van der Waals surface area contributed by atoms with Crippen LogP contribution in [0.3, 0.4) is 0 Å². The quantitative estimate of drug-likeness (QED) is 0.568. The number of hydrogen-bond donors (Lipinski definition) is 2. The van der Waals surface area contributed by atoms with Gasteiger partial charge in [0.2, 0.25) is 0 Å². The second-order valence-electron chi connectivity index (χ2n) is 3.08. The molecule has 1 aliphatic rings. The standard InChI is InChI=1S/C8H17NO2/c1-3-6(2)7-8(11-7)9-4-5-10/h6-10H,3-5H2,1-2H3. The van der Waals surface area contributed by atoms with Crippen LogP contribution in [0.4, 0.5) is 0 Å². The molecule has 3 heteroatoms. The van der Waals surface area contributed by atoms with E-state index in [4.69, 9.17) is 9.84 Å². The van der Waals surface area contributed by atoms with Crippen molar-refractivity contribution in [2.75, 3.05) is 13.2 Å². The topological polar surface area (TPSA) is 44.8 Å². The Morgan fingerprint density at radius 2 is 2.36 bits per heavy atom. The van der Waals surface area contributed by atoms with Gasteiger partial charge in [-0.1, -0.05) is 20.3 Å². The molecule has 11 heavy (non-hydrogen) atoms. The molecule has 0 radical (unpaired) electrons. The summed E-state index contributed by atoms with van der Waals surface area (Å²) in [5, 5.41) is 11.6. The number of rotatable bonds is 5. The number of epoxide rings is 1. The smallest absolute Gasteiger partial charge is 0.135 e. The van der Waals surface area contributed by atoms with E-state index in [-0.39, 0.29) is 12.8 Å². The SMILES string of the molecule is CCC(C)C1OC1NCCO. The van der Waals surface area contributed by atoms with E-state index in [0.29, 0.717) is 18.6 Å². The van der Waals surface area contributed by atoms with Crippen LogP contribution >= 0.6 is 0 Å². The van der Waals surface area contributed by atoms with Gasteiger partial charge in [-0.05, 0) is 5.92 Å². The van der Waals surface area contributed by atoms with E-state index < -0.39 is 0 Å². The van der Waals surface area contributed by atoms with Gasteiger partial charge in [0, 0.05) is 6.54 Å². The summed E-state index contributed by atoms with van der Waals surface area (Å²) >= 11 is 0. The fourth-order valence-electron chi connectivity index (χ4n) is 1.16. The van der Waals surface area contributed by atoms with Crippen molar-refractivity contribution in [1.29, 1.82) is 0 Å². The highest BCUT2D eigenvalue weighted by Crippen LogP contribution is 2.28. The fraction of sp³-hybridized carbons (Fsp3) is 1.00. The molecule has 2 N–H and O–H groups in total. The van der Waals surface area contributed by atoms with Crippen molar-refractivity contribution < 1.29 is 9.84 Å². The third-order valence-electron chi connectivity index (χ3n) is 2.19. The lowest BCUT2D eigenvalue weighted by molar-refractivity contribution is 0.270. The summed E-state index contributed by atoms with van der Waals surface area (Å²) < 4.78 is 5.35. The molecule has 3 nitrogen and oxygen atoms in total. The van der Waals surface area contributed by atoms with Crippen LogP contribution in [-0.2, 0) is 4.74 Å². The Balaban J connectivity index is 2.06. The Labute approximate surface area is 67.7 Å². The zero-order valence-corrected chi connectivity index (χ0v) is 7.21.